The van der Waals surface area contributed by atoms with E-state index in [1.807, 2.05) is 6.07 Å². The molecule has 0 unspecified atom stereocenters. The van der Waals surface area contributed by atoms with Crippen molar-refractivity contribution in [2.45, 2.75) is 6.54 Å². The van der Waals surface area contributed by atoms with Crippen LogP contribution in [0.5, 0.6) is 11.5 Å². The predicted molar refractivity (Wildman–Crippen MR) is 74.4 cm³/mol. The van der Waals surface area contributed by atoms with Gasteiger partial charge < -0.3 is 18.9 Å². The van der Waals surface area contributed by atoms with E-state index in [0.717, 1.165) is 22.3 Å². The summed E-state index contributed by atoms with van der Waals surface area (Å²) in [5.41, 5.74) is 0.946. The number of benzene rings is 1. The van der Waals surface area contributed by atoms with Crippen molar-refractivity contribution in [1.29, 1.82) is 0 Å². The zero-order valence-electron chi connectivity index (χ0n) is 12.6. The Morgan fingerprint density at radius 2 is 1.89 bits per heavy atom. The van der Waals surface area contributed by atoms with Crippen LogP contribution in [0, 0.1) is 0 Å². The molecular weight excluding hydrogens is 244 g/mol. The average Bonchev–Trinajstić information content (AvgIpc) is 2.29. The Labute approximate surface area is 114 Å². The molecule has 1 aromatic rings. The van der Waals surface area contributed by atoms with Crippen LogP contribution in [-0.2, 0) is 6.54 Å². The number of rotatable bonds is 4. The lowest BCUT2D eigenvalue weighted by molar-refractivity contribution is -0.884. The fraction of sp³-hybridized carbons (Fsp3) is 0.500. The molecule has 106 valence electrons. The van der Waals surface area contributed by atoms with E-state index in [1.54, 1.807) is 33.3 Å². The predicted octanol–water partition coefficient (Wildman–Crippen LogP) is 1.96. The van der Waals surface area contributed by atoms with Crippen molar-refractivity contribution in [3.05, 3.63) is 23.8 Å². The number of hydrogen-bond acceptors (Lipinski definition) is 3. The normalized spacial score (nSPS) is 11.1. The maximum atomic E-state index is 11.7. The van der Waals surface area contributed by atoms with E-state index in [0.29, 0.717) is 5.75 Å². The molecule has 5 nitrogen and oxygen atoms in total. The minimum absolute atomic E-state index is 0.382. The van der Waals surface area contributed by atoms with E-state index < -0.39 is 0 Å². The van der Waals surface area contributed by atoms with Gasteiger partial charge in [0.25, 0.3) is 0 Å². The summed E-state index contributed by atoms with van der Waals surface area (Å²) in [6.07, 6.45) is -0.382. The monoisotopic (exact) mass is 267 g/mol. The lowest BCUT2D eigenvalue weighted by atomic mass is 10.1. The SMILES string of the molecule is COc1ccc(OC(=O)N(C)C)c(C[N+](C)(C)C)c1. The minimum Gasteiger partial charge on any atom is -0.497 e. The molecule has 1 amide bonds. The standard InChI is InChI=1S/C14H23N2O3/c1-15(2)14(17)19-13-8-7-12(18-6)9-11(13)10-16(3,4)5/h7-9H,10H2,1-6H3/q+1. The molecule has 0 aliphatic rings. The van der Waals surface area contributed by atoms with Gasteiger partial charge >= 0.3 is 6.09 Å². The fourth-order valence-corrected chi connectivity index (χ4v) is 1.60. The highest BCUT2D eigenvalue weighted by Gasteiger charge is 2.17. The Bertz CT molecular complexity index is 450. The van der Waals surface area contributed by atoms with Crippen molar-refractivity contribution in [2.24, 2.45) is 0 Å². The van der Waals surface area contributed by atoms with Crippen LogP contribution < -0.4 is 9.47 Å². The third-order valence-electron chi connectivity index (χ3n) is 2.47. The van der Waals surface area contributed by atoms with Gasteiger partial charge in [-0.25, -0.2) is 4.79 Å². The van der Waals surface area contributed by atoms with Gasteiger partial charge in [0.05, 0.1) is 33.8 Å². The highest BCUT2D eigenvalue weighted by molar-refractivity contribution is 5.70. The molecule has 1 aromatic carbocycles. The molecule has 0 saturated heterocycles. The smallest absolute Gasteiger partial charge is 0.414 e. The lowest BCUT2D eigenvalue weighted by Gasteiger charge is -2.25. The van der Waals surface area contributed by atoms with Gasteiger partial charge in [-0.15, -0.1) is 0 Å². The third kappa shape index (κ3) is 4.79. The van der Waals surface area contributed by atoms with Crippen LogP contribution >= 0.6 is 0 Å². The van der Waals surface area contributed by atoms with Gasteiger partial charge in [0, 0.05) is 14.1 Å². The van der Waals surface area contributed by atoms with E-state index in [2.05, 4.69) is 21.1 Å². The molecule has 0 aliphatic carbocycles. The summed E-state index contributed by atoms with van der Waals surface area (Å²) in [7, 11) is 11.2. The fourth-order valence-electron chi connectivity index (χ4n) is 1.60. The largest absolute Gasteiger partial charge is 0.497 e. The van der Waals surface area contributed by atoms with Gasteiger partial charge in [-0.1, -0.05) is 0 Å². The van der Waals surface area contributed by atoms with Crippen LogP contribution in [0.3, 0.4) is 0 Å². The molecule has 0 aliphatic heterocycles. The second kappa shape index (κ2) is 5.93. The molecule has 0 fully saturated rings. The molecule has 0 atom stereocenters. The lowest BCUT2D eigenvalue weighted by Crippen LogP contribution is -2.34. The third-order valence-corrected chi connectivity index (χ3v) is 2.47. The van der Waals surface area contributed by atoms with E-state index in [9.17, 15) is 4.79 Å². The number of hydrogen-bond donors (Lipinski definition) is 0. The first-order chi connectivity index (χ1) is 8.73. The van der Waals surface area contributed by atoms with E-state index in [4.69, 9.17) is 9.47 Å². The topological polar surface area (TPSA) is 38.8 Å². The number of carbonyl (C=O) groups is 1. The molecule has 0 radical (unpaired) electrons. The number of nitrogens with zero attached hydrogens (tertiary/aromatic N) is 2. The second-order valence-corrected chi connectivity index (χ2v) is 5.68. The first-order valence-electron chi connectivity index (χ1n) is 6.09. The molecule has 0 aromatic heterocycles. The Morgan fingerprint density at radius 1 is 1.26 bits per heavy atom. The van der Waals surface area contributed by atoms with Crippen molar-refractivity contribution < 1.29 is 18.8 Å². The number of methoxy groups -OCH3 is 1. The van der Waals surface area contributed by atoms with Crippen molar-refractivity contribution in [2.75, 3.05) is 42.3 Å². The Morgan fingerprint density at radius 3 is 2.37 bits per heavy atom. The van der Waals surface area contributed by atoms with E-state index in [-0.39, 0.29) is 6.09 Å². The van der Waals surface area contributed by atoms with Gasteiger partial charge in [0.2, 0.25) is 0 Å². The first-order valence-corrected chi connectivity index (χ1v) is 6.09. The molecule has 0 spiro atoms. The van der Waals surface area contributed by atoms with Crippen LogP contribution in [0.4, 0.5) is 4.79 Å². The minimum atomic E-state index is -0.382. The molecule has 5 heteroatoms. The van der Waals surface area contributed by atoms with Crippen molar-refractivity contribution >= 4 is 6.09 Å². The average molecular weight is 267 g/mol. The van der Waals surface area contributed by atoms with E-state index in [1.165, 1.54) is 4.90 Å². The Balaban J connectivity index is 3.05. The molecule has 0 heterocycles. The quantitative estimate of drug-likeness (QED) is 0.783. The van der Waals surface area contributed by atoms with Crippen LogP contribution in [0.25, 0.3) is 0 Å². The molecule has 0 N–H and O–H groups in total. The first kappa shape index (κ1) is 15.3. The van der Waals surface area contributed by atoms with Crippen molar-refractivity contribution in [1.82, 2.24) is 4.90 Å². The van der Waals surface area contributed by atoms with Gasteiger partial charge in [0.15, 0.2) is 0 Å². The van der Waals surface area contributed by atoms with E-state index >= 15 is 0 Å². The highest BCUT2D eigenvalue weighted by atomic mass is 16.6. The summed E-state index contributed by atoms with van der Waals surface area (Å²) in [6.45, 7) is 0.743. The molecule has 1 rings (SSSR count). The van der Waals surface area contributed by atoms with Gasteiger partial charge in [-0.05, 0) is 18.2 Å². The number of quaternary nitrogens is 1. The Hall–Kier alpha value is -1.75. The highest BCUT2D eigenvalue weighted by Crippen LogP contribution is 2.26. The summed E-state index contributed by atoms with van der Waals surface area (Å²) in [4.78, 5) is 13.1. The van der Waals surface area contributed by atoms with Crippen molar-refractivity contribution in [3.8, 4) is 11.5 Å². The zero-order valence-corrected chi connectivity index (χ0v) is 12.6. The van der Waals surface area contributed by atoms with Gasteiger partial charge in [0.1, 0.15) is 18.0 Å². The van der Waals surface area contributed by atoms with Crippen LogP contribution in [-0.4, -0.2) is 57.8 Å². The number of carbonyl (C=O) groups excluding carboxylic acids is 1. The Kier molecular flexibility index (Phi) is 4.78. The number of amides is 1. The molecule has 0 bridgehead atoms. The summed E-state index contributed by atoms with van der Waals surface area (Å²) < 4.78 is 11.3. The maximum Gasteiger partial charge on any atom is 0.414 e. The maximum absolute atomic E-state index is 11.7. The zero-order chi connectivity index (χ0) is 14.6. The molecular formula is C14H23N2O3+. The van der Waals surface area contributed by atoms with Gasteiger partial charge in [-0.3, -0.25) is 0 Å². The second-order valence-electron chi connectivity index (χ2n) is 5.68. The van der Waals surface area contributed by atoms with Crippen LogP contribution in [0.15, 0.2) is 18.2 Å². The summed E-state index contributed by atoms with van der Waals surface area (Å²) in [5, 5.41) is 0. The van der Waals surface area contributed by atoms with Crippen molar-refractivity contribution in [3.63, 3.8) is 0 Å². The van der Waals surface area contributed by atoms with Gasteiger partial charge in [-0.2, -0.15) is 0 Å². The number of ether oxygens (including phenoxy) is 2. The van der Waals surface area contributed by atoms with Crippen LogP contribution in [0.2, 0.25) is 0 Å². The summed E-state index contributed by atoms with van der Waals surface area (Å²) in [6, 6.07) is 5.46. The summed E-state index contributed by atoms with van der Waals surface area (Å²) >= 11 is 0. The summed E-state index contributed by atoms with van der Waals surface area (Å²) in [5.74, 6) is 1.33. The molecule has 0 saturated carbocycles. The van der Waals surface area contributed by atoms with Crippen LogP contribution in [0.1, 0.15) is 5.56 Å². The molecule has 19 heavy (non-hydrogen) atoms.